The average Bonchev–Trinajstić information content (AvgIpc) is 2.82. The first-order valence-corrected chi connectivity index (χ1v) is 12.7. The third-order valence-electron chi connectivity index (χ3n) is 6.87. The van der Waals surface area contributed by atoms with Gasteiger partial charge >= 0.3 is 0 Å². The number of benzene rings is 3. The zero-order chi connectivity index (χ0) is 26.9. The molecule has 4 rings (SSSR count). The molecule has 0 bridgehead atoms. The third-order valence-corrected chi connectivity index (χ3v) is 6.87. The average molecular weight is 494 g/mol. The first-order chi connectivity index (χ1) is 17.5. The van der Waals surface area contributed by atoms with Crippen molar-refractivity contribution in [1.82, 2.24) is 0 Å². The minimum absolute atomic E-state index is 0.0230. The van der Waals surface area contributed by atoms with Crippen LogP contribution in [0, 0.1) is 12.3 Å². The summed E-state index contributed by atoms with van der Waals surface area (Å²) in [6.07, 6.45) is 7.35. The molecule has 0 fully saturated rings. The van der Waals surface area contributed by atoms with E-state index in [1.807, 2.05) is 38.1 Å². The third kappa shape index (κ3) is 5.67. The van der Waals surface area contributed by atoms with E-state index in [2.05, 4.69) is 55.6 Å². The van der Waals surface area contributed by atoms with Gasteiger partial charge in [-0.25, -0.2) is 0 Å². The lowest BCUT2D eigenvalue weighted by atomic mass is 9.88. The Morgan fingerprint density at radius 3 is 2.43 bits per heavy atom. The minimum Gasteiger partial charge on any atom is -0.505 e. The second kappa shape index (κ2) is 10.5. The summed E-state index contributed by atoms with van der Waals surface area (Å²) in [4.78, 5) is 11.7. The number of amides is 1. The molecule has 0 saturated heterocycles. The Bertz CT molecular complexity index is 1490. The molecule has 190 valence electrons. The summed E-state index contributed by atoms with van der Waals surface area (Å²) in [7, 11) is 0. The number of hydrogen-bond donors (Lipinski definition) is 4. The molecule has 3 aromatic carbocycles. The van der Waals surface area contributed by atoms with E-state index in [1.165, 1.54) is 12.5 Å². The molecule has 0 unspecified atom stereocenters. The maximum Gasteiger partial charge on any atom is 0.221 e. The number of rotatable bonds is 6. The van der Waals surface area contributed by atoms with Gasteiger partial charge in [0.1, 0.15) is 5.75 Å². The lowest BCUT2D eigenvalue weighted by Crippen LogP contribution is -2.08. The van der Waals surface area contributed by atoms with E-state index in [1.54, 1.807) is 0 Å². The molecule has 0 aliphatic heterocycles. The zero-order valence-electron chi connectivity index (χ0n) is 22.2. The maximum absolute atomic E-state index is 11.7. The van der Waals surface area contributed by atoms with E-state index in [-0.39, 0.29) is 11.7 Å². The highest BCUT2D eigenvalue weighted by Gasteiger charge is 2.17. The lowest BCUT2D eigenvalue weighted by Gasteiger charge is -2.18. The van der Waals surface area contributed by atoms with Crippen molar-refractivity contribution >= 4 is 39.8 Å². The Morgan fingerprint density at radius 1 is 1.08 bits per heavy atom. The van der Waals surface area contributed by atoms with Crippen LogP contribution in [0.4, 0.5) is 11.4 Å². The van der Waals surface area contributed by atoms with Crippen molar-refractivity contribution in [3.63, 3.8) is 0 Å². The topological polar surface area (TPSA) is 99.2 Å². The summed E-state index contributed by atoms with van der Waals surface area (Å²) in [6.45, 7) is 9.80. The first-order valence-electron chi connectivity index (χ1n) is 12.7. The number of carbonyl (C=O) groups is 1. The molecule has 5 N–H and O–H groups in total. The Hall–Kier alpha value is -4.12. The van der Waals surface area contributed by atoms with Crippen molar-refractivity contribution in [2.45, 2.75) is 53.4 Å². The van der Waals surface area contributed by atoms with Crippen molar-refractivity contribution in [2.75, 3.05) is 11.1 Å². The van der Waals surface area contributed by atoms with Crippen LogP contribution in [0.1, 0.15) is 62.3 Å². The van der Waals surface area contributed by atoms with Crippen LogP contribution < -0.4 is 11.1 Å². The van der Waals surface area contributed by atoms with Crippen LogP contribution in [-0.2, 0) is 11.2 Å². The smallest absolute Gasteiger partial charge is 0.221 e. The molecule has 0 heterocycles. The molecule has 1 aliphatic carbocycles. The van der Waals surface area contributed by atoms with Gasteiger partial charge in [-0.3, -0.25) is 4.79 Å². The predicted octanol–water partition coefficient (Wildman–Crippen LogP) is 7.44. The zero-order valence-corrected chi connectivity index (χ0v) is 22.2. The van der Waals surface area contributed by atoms with E-state index in [0.29, 0.717) is 41.2 Å². The fraction of sp³-hybridized carbons (Fsp3) is 0.250. The molecular formula is C32H35N3O2. The van der Waals surface area contributed by atoms with E-state index >= 15 is 0 Å². The number of nitrogens with one attached hydrogen (secondary N) is 2. The fourth-order valence-corrected chi connectivity index (χ4v) is 4.80. The summed E-state index contributed by atoms with van der Waals surface area (Å²) in [6, 6.07) is 14.4. The van der Waals surface area contributed by atoms with Crippen molar-refractivity contribution in [3.05, 3.63) is 93.6 Å². The molecule has 5 nitrogen and oxygen atoms in total. The van der Waals surface area contributed by atoms with Gasteiger partial charge in [-0.1, -0.05) is 44.2 Å². The number of phenols is 1. The number of fused-ring (bicyclic) bond motifs is 1. The van der Waals surface area contributed by atoms with Gasteiger partial charge in [0.2, 0.25) is 5.91 Å². The number of allylic oxidation sites excluding steroid dienone is 5. The maximum atomic E-state index is 11.7. The van der Waals surface area contributed by atoms with Gasteiger partial charge in [-0.05, 0) is 107 Å². The summed E-state index contributed by atoms with van der Waals surface area (Å²) >= 11 is 0. The molecule has 0 atom stereocenters. The number of hydrogen-bond acceptors (Lipinski definition) is 4. The second-order valence-corrected chi connectivity index (χ2v) is 10.2. The lowest BCUT2D eigenvalue weighted by molar-refractivity contribution is -0.114. The van der Waals surface area contributed by atoms with Crippen molar-refractivity contribution in [3.8, 4) is 5.75 Å². The van der Waals surface area contributed by atoms with Gasteiger partial charge in [0.05, 0.1) is 17.1 Å². The van der Waals surface area contributed by atoms with Crippen LogP contribution in [-0.4, -0.2) is 16.7 Å². The SMILES string of the molecule is CC(=O)Nc1cc(C)cc2cc(CCC3=CC(=Cc4ccc(C(C)C)cc4)C(C)=CC3=N)c(N)c(O)c12. The highest BCUT2D eigenvalue weighted by Crippen LogP contribution is 2.40. The second-order valence-electron chi connectivity index (χ2n) is 10.2. The summed E-state index contributed by atoms with van der Waals surface area (Å²) in [5, 5.41) is 23.7. The number of nitrogen functional groups attached to an aromatic ring is 1. The quantitative estimate of drug-likeness (QED) is 0.212. The van der Waals surface area contributed by atoms with E-state index in [4.69, 9.17) is 11.1 Å². The Labute approximate surface area is 218 Å². The summed E-state index contributed by atoms with van der Waals surface area (Å²) < 4.78 is 0. The van der Waals surface area contributed by atoms with Crippen LogP contribution in [0.5, 0.6) is 5.75 Å². The van der Waals surface area contributed by atoms with E-state index in [9.17, 15) is 9.90 Å². The van der Waals surface area contributed by atoms with Gasteiger partial charge in [0, 0.05) is 12.3 Å². The van der Waals surface area contributed by atoms with E-state index in [0.717, 1.165) is 38.8 Å². The molecular weight excluding hydrogens is 458 g/mol. The number of anilines is 2. The molecule has 37 heavy (non-hydrogen) atoms. The van der Waals surface area contributed by atoms with Crippen LogP contribution in [0.3, 0.4) is 0 Å². The van der Waals surface area contributed by atoms with Crippen LogP contribution in [0.15, 0.2) is 71.3 Å². The van der Waals surface area contributed by atoms with Crippen LogP contribution in [0.2, 0.25) is 0 Å². The Balaban J connectivity index is 1.63. The molecule has 3 aromatic rings. The standard InChI is InChI=1S/C32H35N3O2/c1-18(2)23-8-6-22(7-9-23)15-26-16-24(28(33)14-20(26)4)10-11-25-17-27-12-19(3)13-29(35-21(5)36)30(27)32(37)31(25)34/h6-9,12-18,33,37H,10-11,34H2,1-5H3,(H,35,36). The molecule has 0 radical (unpaired) electrons. The summed E-state index contributed by atoms with van der Waals surface area (Å²) in [5.41, 5.74) is 15.0. The highest BCUT2D eigenvalue weighted by atomic mass is 16.3. The number of phenolic OH excluding ortho intramolecular Hbond substituents is 1. The van der Waals surface area contributed by atoms with Crippen molar-refractivity contribution in [2.24, 2.45) is 0 Å². The highest BCUT2D eigenvalue weighted by molar-refractivity contribution is 6.10. The van der Waals surface area contributed by atoms with Gasteiger partial charge < -0.3 is 21.6 Å². The summed E-state index contributed by atoms with van der Waals surface area (Å²) in [5.74, 6) is 0.262. The van der Waals surface area contributed by atoms with Crippen molar-refractivity contribution in [1.29, 1.82) is 5.41 Å². The van der Waals surface area contributed by atoms with Gasteiger partial charge in [-0.15, -0.1) is 0 Å². The Kier molecular flexibility index (Phi) is 7.35. The number of carbonyl (C=O) groups excluding carboxylic acids is 1. The van der Waals surface area contributed by atoms with Crippen LogP contribution in [0.25, 0.3) is 16.8 Å². The Morgan fingerprint density at radius 2 is 1.78 bits per heavy atom. The largest absolute Gasteiger partial charge is 0.505 e. The normalized spacial score (nSPS) is 14.8. The molecule has 5 heteroatoms. The van der Waals surface area contributed by atoms with Crippen molar-refractivity contribution < 1.29 is 9.90 Å². The van der Waals surface area contributed by atoms with E-state index < -0.39 is 0 Å². The number of aryl methyl sites for hydroxylation is 2. The predicted molar refractivity (Wildman–Crippen MR) is 155 cm³/mol. The fourth-order valence-electron chi connectivity index (χ4n) is 4.80. The molecule has 1 amide bonds. The van der Waals surface area contributed by atoms with Gasteiger partial charge in [0.15, 0.2) is 0 Å². The first kappa shape index (κ1) is 26.0. The number of nitrogens with two attached hydrogens (primary N) is 1. The van der Waals surface area contributed by atoms with Gasteiger partial charge in [-0.2, -0.15) is 0 Å². The van der Waals surface area contributed by atoms with Crippen LogP contribution >= 0.6 is 0 Å². The number of aromatic hydroxyl groups is 1. The van der Waals surface area contributed by atoms with Gasteiger partial charge in [0.25, 0.3) is 0 Å². The molecule has 0 aromatic heterocycles. The molecule has 1 aliphatic rings. The minimum atomic E-state index is -0.209. The molecule has 0 spiro atoms. The monoisotopic (exact) mass is 493 g/mol. The molecule has 0 saturated carbocycles.